The molecular formula is C18H15BrN2O2. The standard InChI is InChI=1S/C18H15BrN2O2/c1-11-4-3-5-14-15(20-13-8-6-12(19)7-9-13)10-16(18(22)23-2)21-17(11)14/h3-10H,1-2H3,(H,20,21). The molecule has 1 N–H and O–H groups in total. The number of esters is 1. The molecule has 0 bridgehead atoms. The number of nitrogens with zero attached hydrogens (tertiary/aromatic N) is 1. The molecule has 2 aromatic carbocycles. The molecule has 0 unspecified atom stereocenters. The summed E-state index contributed by atoms with van der Waals surface area (Å²) in [6.45, 7) is 1.97. The predicted molar refractivity (Wildman–Crippen MR) is 95.2 cm³/mol. The molecule has 1 aromatic heterocycles. The molecule has 0 spiro atoms. The molecule has 0 aliphatic heterocycles. The number of pyridine rings is 1. The van der Waals surface area contributed by atoms with Gasteiger partial charge in [0.1, 0.15) is 0 Å². The summed E-state index contributed by atoms with van der Waals surface area (Å²) in [5.41, 5.74) is 3.83. The number of halogens is 1. The largest absolute Gasteiger partial charge is 0.464 e. The first-order valence-corrected chi connectivity index (χ1v) is 7.89. The Hall–Kier alpha value is -2.40. The zero-order valence-corrected chi connectivity index (χ0v) is 14.3. The van der Waals surface area contributed by atoms with Crippen molar-refractivity contribution in [2.75, 3.05) is 12.4 Å². The molecule has 3 aromatic rings. The van der Waals surface area contributed by atoms with Crippen molar-refractivity contribution < 1.29 is 9.53 Å². The van der Waals surface area contributed by atoms with Crippen molar-refractivity contribution in [2.24, 2.45) is 0 Å². The van der Waals surface area contributed by atoms with E-state index in [4.69, 9.17) is 4.74 Å². The van der Waals surface area contributed by atoms with Gasteiger partial charge in [0, 0.05) is 15.5 Å². The van der Waals surface area contributed by atoms with Crippen LogP contribution >= 0.6 is 15.9 Å². The van der Waals surface area contributed by atoms with E-state index >= 15 is 0 Å². The molecule has 4 nitrogen and oxygen atoms in total. The van der Waals surface area contributed by atoms with Gasteiger partial charge in [-0.2, -0.15) is 0 Å². The molecule has 5 heteroatoms. The Morgan fingerprint density at radius 2 is 1.91 bits per heavy atom. The second-order valence-electron chi connectivity index (χ2n) is 5.15. The van der Waals surface area contributed by atoms with Gasteiger partial charge >= 0.3 is 5.97 Å². The van der Waals surface area contributed by atoms with Crippen molar-refractivity contribution in [1.82, 2.24) is 4.98 Å². The third kappa shape index (κ3) is 3.19. The van der Waals surface area contributed by atoms with Crippen molar-refractivity contribution in [1.29, 1.82) is 0 Å². The lowest BCUT2D eigenvalue weighted by atomic mass is 10.1. The van der Waals surface area contributed by atoms with Crippen LogP contribution < -0.4 is 5.32 Å². The Labute approximate surface area is 142 Å². The lowest BCUT2D eigenvalue weighted by molar-refractivity contribution is 0.0594. The Balaban J connectivity index is 2.15. The summed E-state index contributed by atoms with van der Waals surface area (Å²) in [5.74, 6) is -0.450. The summed E-state index contributed by atoms with van der Waals surface area (Å²) >= 11 is 3.42. The lowest BCUT2D eigenvalue weighted by Gasteiger charge is -2.12. The minimum Gasteiger partial charge on any atom is -0.464 e. The van der Waals surface area contributed by atoms with Crippen LogP contribution in [0.4, 0.5) is 11.4 Å². The van der Waals surface area contributed by atoms with Gasteiger partial charge in [-0.05, 0) is 42.8 Å². The van der Waals surface area contributed by atoms with Crippen LogP contribution in [0, 0.1) is 6.92 Å². The summed E-state index contributed by atoms with van der Waals surface area (Å²) in [6, 6.07) is 15.5. The van der Waals surface area contributed by atoms with E-state index in [-0.39, 0.29) is 5.69 Å². The Kier molecular flexibility index (Phi) is 4.30. The van der Waals surface area contributed by atoms with Gasteiger partial charge in [-0.1, -0.05) is 34.1 Å². The summed E-state index contributed by atoms with van der Waals surface area (Å²) < 4.78 is 5.82. The molecule has 0 saturated carbocycles. The highest BCUT2D eigenvalue weighted by molar-refractivity contribution is 9.10. The Morgan fingerprint density at radius 3 is 2.61 bits per heavy atom. The van der Waals surface area contributed by atoms with Crippen LogP contribution in [0.5, 0.6) is 0 Å². The number of hydrogen-bond acceptors (Lipinski definition) is 4. The molecule has 0 aliphatic carbocycles. The number of methoxy groups -OCH3 is 1. The molecule has 0 amide bonds. The maximum atomic E-state index is 11.9. The van der Waals surface area contributed by atoms with E-state index < -0.39 is 5.97 Å². The minimum atomic E-state index is -0.450. The molecule has 0 radical (unpaired) electrons. The number of aryl methyl sites for hydroxylation is 1. The molecule has 116 valence electrons. The average Bonchev–Trinajstić information content (AvgIpc) is 2.57. The van der Waals surface area contributed by atoms with Crippen LogP contribution in [-0.4, -0.2) is 18.1 Å². The number of hydrogen-bond donors (Lipinski definition) is 1. The SMILES string of the molecule is COC(=O)c1cc(Nc2ccc(Br)cc2)c2cccc(C)c2n1. The number of fused-ring (bicyclic) bond motifs is 1. The number of ether oxygens (including phenoxy) is 1. The summed E-state index contributed by atoms with van der Waals surface area (Å²) in [5, 5.41) is 4.31. The van der Waals surface area contributed by atoms with Crippen molar-refractivity contribution in [2.45, 2.75) is 6.92 Å². The van der Waals surface area contributed by atoms with Crippen molar-refractivity contribution in [3.05, 3.63) is 64.3 Å². The van der Waals surface area contributed by atoms with Gasteiger partial charge < -0.3 is 10.1 Å². The number of para-hydroxylation sites is 1. The number of benzene rings is 2. The van der Waals surface area contributed by atoms with Crippen molar-refractivity contribution in [3.63, 3.8) is 0 Å². The Morgan fingerprint density at radius 1 is 1.17 bits per heavy atom. The summed E-state index contributed by atoms with van der Waals surface area (Å²) in [7, 11) is 1.36. The molecule has 23 heavy (non-hydrogen) atoms. The second-order valence-corrected chi connectivity index (χ2v) is 6.07. The average molecular weight is 371 g/mol. The van der Waals surface area contributed by atoms with Gasteiger partial charge in [0.15, 0.2) is 5.69 Å². The molecule has 3 rings (SSSR count). The molecule has 0 fully saturated rings. The van der Waals surface area contributed by atoms with E-state index in [1.54, 1.807) is 6.07 Å². The van der Waals surface area contributed by atoms with Crippen LogP contribution in [0.2, 0.25) is 0 Å². The maximum Gasteiger partial charge on any atom is 0.356 e. The van der Waals surface area contributed by atoms with Crippen LogP contribution in [0.3, 0.4) is 0 Å². The van der Waals surface area contributed by atoms with E-state index in [1.165, 1.54) is 7.11 Å². The molecule has 1 heterocycles. The minimum absolute atomic E-state index is 0.286. The maximum absolute atomic E-state index is 11.9. The zero-order chi connectivity index (χ0) is 16.4. The van der Waals surface area contributed by atoms with Crippen molar-refractivity contribution in [3.8, 4) is 0 Å². The fourth-order valence-electron chi connectivity index (χ4n) is 2.39. The fourth-order valence-corrected chi connectivity index (χ4v) is 2.66. The first-order chi connectivity index (χ1) is 11.1. The zero-order valence-electron chi connectivity index (χ0n) is 12.8. The third-order valence-corrected chi connectivity index (χ3v) is 4.09. The highest BCUT2D eigenvalue weighted by Crippen LogP contribution is 2.29. The van der Waals surface area contributed by atoms with E-state index in [0.29, 0.717) is 0 Å². The van der Waals surface area contributed by atoms with Gasteiger partial charge in [0.2, 0.25) is 0 Å². The lowest BCUT2D eigenvalue weighted by Crippen LogP contribution is -2.06. The number of anilines is 2. The summed E-state index contributed by atoms with van der Waals surface area (Å²) in [4.78, 5) is 16.3. The van der Waals surface area contributed by atoms with E-state index in [9.17, 15) is 4.79 Å². The highest BCUT2D eigenvalue weighted by Gasteiger charge is 2.13. The molecule has 0 atom stereocenters. The van der Waals surface area contributed by atoms with Crippen LogP contribution in [0.1, 0.15) is 16.1 Å². The topological polar surface area (TPSA) is 51.2 Å². The van der Waals surface area contributed by atoms with Crippen LogP contribution in [-0.2, 0) is 4.74 Å². The van der Waals surface area contributed by atoms with E-state index in [2.05, 4.69) is 26.2 Å². The van der Waals surface area contributed by atoms with Gasteiger partial charge in [0.05, 0.1) is 18.3 Å². The van der Waals surface area contributed by atoms with Crippen LogP contribution in [0.25, 0.3) is 10.9 Å². The Bertz CT molecular complexity index is 876. The number of carbonyl (C=O) groups excluding carboxylic acids is 1. The fraction of sp³-hybridized carbons (Fsp3) is 0.111. The second kappa shape index (κ2) is 6.38. The molecule has 0 aliphatic rings. The van der Waals surface area contributed by atoms with Gasteiger partial charge in [-0.15, -0.1) is 0 Å². The quantitative estimate of drug-likeness (QED) is 0.670. The highest BCUT2D eigenvalue weighted by atomic mass is 79.9. The van der Waals surface area contributed by atoms with Gasteiger partial charge in [-0.3, -0.25) is 0 Å². The first kappa shape index (κ1) is 15.5. The van der Waals surface area contributed by atoms with E-state index in [1.807, 2.05) is 49.4 Å². The number of carbonyl (C=O) groups is 1. The third-order valence-electron chi connectivity index (χ3n) is 3.56. The summed E-state index contributed by atoms with van der Waals surface area (Å²) in [6.07, 6.45) is 0. The van der Waals surface area contributed by atoms with Gasteiger partial charge in [0.25, 0.3) is 0 Å². The van der Waals surface area contributed by atoms with E-state index in [0.717, 1.165) is 32.3 Å². The number of aromatic nitrogens is 1. The van der Waals surface area contributed by atoms with Gasteiger partial charge in [-0.25, -0.2) is 9.78 Å². The number of nitrogens with one attached hydrogen (secondary N) is 1. The normalized spacial score (nSPS) is 10.6. The molecule has 0 saturated heterocycles. The number of rotatable bonds is 3. The first-order valence-electron chi connectivity index (χ1n) is 7.10. The van der Waals surface area contributed by atoms with Crippen molar-refractivity contribution >= 4 is 44.2 Å². The predicted octanol–water partition coefficient (Wildman–Crippen LogP) is 4.84. The van der Waals surface area contributed by atoms with Crippen LogP contribution in [0.15, 0.2) is 53.0 Å². The molecular weight excluding hydrogens is 356 g/mol. The monoisotopic (exact) mass is 370 g/mol. The smallest absolute Gasteiger partial charge is 0.356 e.